The van der Waals surface area contributed by atoms with Crippen LogP contribution in [0.2, 0.25) is 5.02 Å². The van der Waals surface area contributed by atoms with Gasteiger partial charge in [0, 0.05) is 11.8 Å². The van der Waals surface area contributed by atoms with Crippen molar-refractivity contribution in [1.82, 2.24) is 10.3 Å². The molecule has 0 unspecified atom stereocenters. The van der Waals surface area contributed by atoms with Crippen LogP contribution in [0, 0.1) is 5.95 Å². The minimum absolute atomic E-state index is 0.0171. The van der Waals surface area contributed by atoms with E-state index in [4.69, 9.17) is 11.6 Å². The van der Waals surface area contributed by atoms with Gasteiger partial charge >= 0.3 is 0 Å². The maximum atomic E-state index is 14.4. The smallest absolute Gasteiger partial charge is 0.219 e. The molecule has 82 valence electrons. The highest BCUT2D eigenvalue weighted by molar-refractivity contribution is 6.30. The van der Waals surface area contributed by atoms with Gasteiger partial charge in [0.1, 0.15) is 5.67 Å². The number of halogens is 3. The van der Waals surface area contributed by atoms with Gasteiger partial charge in [-0.25, -0.2) is 9.37 Å². The second-order valence-corrected chi connectivity index (χ2v) is 4.14. The maximum absolute atomic E-state index is 14.4. The molecule has 0 aromatic carbocycles. The Morgan fingerprint density at radius 2 is 2.07 bits per heavy atom. The van der Waals surface area contributed by atoms with Crippen LogP contribution >= 0.6 is 11.6 Å². The van der Waals surface area contributed by atoms with Crippen molar-refractivity contribution in [2.24, 2.45) is 0 Å². The average Bonchev–Trinajstić information content (AvgIpc) is 2.23. The average molecular weight is 233 g/mol. The number of piperidine rings is 1. The van der Waals surface area contributed by atoms with Crippen LogP contribution in [0.3, 0.4) is 0 Å². The molecule has 0 aliphatic carbocycles. The highest BCUT2D eigenvalue weighted by Gasteiger charge is 2.36. The molecule has 0 spiro atoms. The number of alkyl halides is 1. The Bertz CT molecular complexity index is 364. The summed E-state index contributed by atoms with van der Waals surface area (Å²) in [5.74, 6) is -0.760. The molecular weight excluding hydrogens is 222 g/mol. The second-order valence-electron chi connectivity index (χ2n) is 3.71. The Hall–Kier alpha value is -0.740. The van der Waals surface area contributed by atoms with Crippen molar-refractivity contribution in [2.45, 2.75) is 18.5 Å². The molecule has 2 heterocycles. The summed E-state index contributed by atoms with van der Waals surface area (Å²) in [6, 6.07) is 1.33. The summed E-state index contributed by atoms with van der Waals surface area (Å²) in [5.41, 5.74) is -1.65. The fourth-order valence-corrected chi connectivity index (χ4v) is 1.99. The molecule has 1 fully saturated rings. The molecule has 0 amide bonds. The SMILES string of the molecule is Fc1ncc(Cl)cc1C1(F)CCNCC1. The first kappa shape index (κ1) is 10.8. The zero-order valence-electron chi connectivity index (χ0n) is 8.06. The van der Waals surface area contributed by atoms with Crippen molar-refractivity contribution in [3.05, 3.63) is 28.8 Å². The van der Waals surface area contributed by atoms with Crippen LogP contribution in [0.1, 0.15) is 18.4 Å². The number of hydrogen-bond donors (Lipinski definition) is 1. The Kier molecular flexibility index (Phi) is 2.89. The largest absolute Gasteiger partial charge is 0.316 e. The lowest BCUT2D eigenvalue weighted by molar-refractivity contribution is 0.109. The fraction of sp³-hybridized carbons (Fsp3) is 0.500. The lowest BCUT2D eigenvalue weighted by Gasteiger charge is -2.30. The summed E-state index contributed by atoms with van der Waals surface area (Å²) in [6.45, 7) is 1.09. The third-order valence-electron chi connectivity index (χ3n) is 2.68. The van der Waals surface area contributed by atoms with Crippen molar-refractivity contribution in [1.29, 1.82) is 0 Å². The van der Waals surface area contributed by atoms with E-state index in [1.165, 1.54) is 12.3 Å². The summed E-state index contributed by atoms with van der Waals surface area (Å²) >= 11 is 5.69. The monoisotopic (exact) mass is 232 g/mol. The highest BCUT2D eigenvalue weighted by Crippen LogP contribution is 2.36. The van der Waals surface area contributed by atoms with Gasteiger partial charge in [0.25, 0.3) is 0 Å². The van der Waals surface area contributed by atoms with Gasteiger partial charge in [0.15, 0.2) is 0 Å². The van der Waals surface area contributed by atoms with Gasteiger partial charge in [0.05, 0.1) is 5.02 Å². The number of hydrogen-bond acceptors (Lipinski definition) is 2. The van der Waals surface area contributed by atoms with Crippen molar-refractivity contribution in [2.75, 3.05) is 13.1 Å². The second kappa shape index (κ2) is 4.02. The Morgan fingerprint density at radius 1 is 1.40 bits per heavy atom. The van der Waals surface area contributed by atoms with Crippen LogP contribution in [0.15, 0.2) is 12.3 Å². The number of nitrogens with zero attached hydrogens (tertiary/aromatic N) is 1. The molecule has 5 heteroatoms. The summed E-state index contributed by atoms with van der Waals surface area (Å²) in [7, 11) is 0. The summed E-state index contributed by atoms with van der Waals surface area (Å²) < 4.78 is 27.7. The Balaban J connectivity index is 2.38. The zero-order chi connectivity index (χ0) is 10.9. The minimum Gasteiger partial charge on any atom is -0.316 e. The molecule has 1 aromatic heterocycles. The van der Waals surface area contributed by atoms with E-state index in [1.54, 1.807) is 0 Å². The van der Waals surface area contributed by atoms with Crippen LogP contribution in [-0.4, -0.2) is 18.1 Å². The van der Waals surface area contributed by atoms with Crippen molar-refractivity contribution < 1.29 is 8.78 Å². The van der Waals surface area contributed by atoms with Gasteiger partial charge in [-0.2, -0.15) is 4.39 Å². The van der Waals surface area contributed by atoms with Crippen LogP contribution < -0.4 is 5.32 Å². The van der Waals surface area contributed by atoms with Gasteiger partial charge in [-0.3, -0.25) is 0 Å². The van der Waals surface area contributed by atoms with Gasteiger partial charge in [0.2, 0.25) is 5.95 Å². The normalized spacial score (nSPS) is 20.2. The predicted molar refractivity (Wildman–Crippen MR) is 54.1 cm³/mol. The van der Waals surface area contributed by atoms with Gasteiger partial charge in [-0.05, 0) is 32.0 Å². The Labute approximate surface area is 91.7 Å². The number of rotatable bonds is 1. The molecule has 1 aromatic rings. The van der Waals surface area contributed by atoms with Crippen LogP contribution in [0.4, 0.5) is 8.78 Å². The molecule has 0 saturated carbocycles. The van der Waals surface area contributed by atoms with Crippen LogP contribution in [-0.2, 0) is 5.67 Å². The van der Waals surface area contributed by atoms with Crippen molar-refractivity contribution >= 4 is 11.6 Å². The number of aromatic nitrogens is 1. The molecule has 2 nitrogen and oxygen atoms in total. The van der Waals surface area contributed by atoms with Crippen LogP contribution in [0.25, 0.3) is 0 Å². The van der Waals surface area contributed by atoms with E-state index in [2.05, 4.69) is 10.3 Å². The van der Waals surface area contributed by atoms with Crippen molar-refractivity contribution in [3.8, 4) is 0 Å². The van der Waals surface area contributed by atoms with E-state index in [9.17, 15) is 8.78 Å². The molecule has 1 N–H and O–H groups in total. The summed E-state index contributed by atoms with van der Waals surface area (Å²) in [6.07, 6.45) is 1.70. The lowest BCUT2D eigenvalue weighted by atomic mass is 9.88. The number of pyridine rings is 1. The van der Waals surface area contributed by atoms with E-state index in [-0.39, 0.29) is 23.4 Å². The fourth-order valence-electron chi connectivity index (χ4n) is 1.83. The van der Waals surface area contributed by atoms with Crippen molar-refractivity contribution in [3.63, 3.8) is 0 Å². The third-order valence-corrected chi connectivity index (χ3v) is 2.89. The topological polar surface area (TPSA) is 24.9 Å². The first-order valence-electron chi connectivity index (χ1n) is 4.83. The van der Waals surface area contributed by atoms with Gasteiger partial charge in [-0.1, -0.05) is 11.6 Å². The lowest BCUT2D eigenvalue weighted by Crippen LogP contribution is -2.37. The van der Waals surface area contributed by atoms with E-state index in [0.717, 1.165) is 0 Å². The highest BCUT2D eigenvalue weighted by atomic mass is 35.5. The minimum atomic E-state index is -1.63. The zero-order valence-corrected chi connectivity index (χ0v) is 8.82. The first-order chi connectivity index (χ1) is 7.12. The molecule has 0 radical (unpaired) electrons. The summed E-state index contributed by atoms with van der Waals surface area (Å²) in [4.78, 5) is 3.44. The molecule has 1 aliphatic rings. The third kappa shape index (κ3) is 2.11. The van der Waals surface area contributed by atoms with E-state index < -0.39 is 11.6 Å². The van der Waals surface area contributed by atoms with E-state index >= 15 is 0 Å². The molecular formula is C10H11ClF2N2. The molecule has 1 aliphatic heterocycles. The molecule has 2 rings (SSSR count). The molecule has 1 saturated heterocycles. The molecule has 0 bridgehead atoms. The van der Waals surface area contributed by atoms with E-state index in [1.807, 2.05) is 0 Å². The molecule has 0 atom stereocenters. The molecule has 15 heavy (non-hydrogen) atoms. The predicted octanol–water partition coefficient (Wildman–Crippen LogP) is 2.42. The van der Waals surface area contributed by atoms with E-state index in [0.29, 0.717) is 13.1 Å². The van der Waals surface area contributed by atoms with Crippen LogP contribution in [0.5, 0.6) is 0 Å². The number of nitrogens with one attached hydrogen (secondary N) is 1. The van der Waals surface area contributed by atoms with Gasteiger partial charge < -0.3 is 5.32 Å². The Morgan fingerprint density at radius 3 is 2.73 bits per heavy atom. The quantitative estimate of drug-likeness (QED) is 0.753. The standard InChI is InChI=1S/C10H11ClF2N2/c11-7-5-8(9(12)15-6-7)10(13)1-3-14-4-2-10/h5-6,14H,1-4H2. The first-order valence-corrected chi connectivity index (χ1v) is 5.21. The van der Waals surface area contributed by atoms with Gasteiger partial charge in [-0.15, -0.1) is 0 Å². The summed E-state index contributed by atoms with van der Waals surface area (Å²) in [5, 5.41) is 3.29. The maximum Gasteiger partial charge on any atom is 0.219 e.